The van der Waals surface area contributed by atoms with Crippen LogP contribution in [0.3, 0.4) is 0 Å². The van der Waals surface area contributed by atoms with Gasteiger partial charge in [-0.05, 0) is 69.5 Å². The lowest BCUT2D eigenvalue weighted by Crippen LogP contribution is -2.46. The van der Waals surface area contributed by atoms with Gasteiger partial charge in [-0.25, -0.2) is 4.68 Å². The highest BCUT2D eigenvalue weighted by Crippen LogP contribution is 2.38. The van der Waals surface area contributed by atoms with Crippen molar-refractivity contribution in [1.82, 2.24) is 39.9 Å². The number of rotatable bonds is 8. The molecule has 0 bridgehead atoms. The Hall–Kier alpha value is -5.31. The minimum Gasteiger partial charge on any atom is -0.371 e. The van der Waals surface area contributed by atoms with Crippen molar-refractivity contribution < 1.29 is 0 Å². The largest absolute Gasteiger partial charge is 0.371 e. The fourth-order valence-corrected chi connectivity index (χ4v) is 6.55. The maximum atomic E-state index is 10.1. The minimum absolute atomic E-state index is 0.153. The van der Waals surface area contributed by atoms with Gasteiger partial charge in [0.1, 0.15) is 11.8 Å². The summed E-state index contributed by atoms with van der Waals surface area (Å²) in [5.74, 6) is 0. The van der Waals surface area contributed by atoms with E-state index in [2.05, 4.69) is 81.2 Å². The molecule has 1 aliphatic rings. The summed E-state index contributed by atoms with van der Waals surface area (Å²) in [5.41, 5.74) is 5.87. The molecule has 12 heteroatoms. The van der Waals surface area contributed by atoms with Crippen LogP contribution in [-0.2, 0) is 0 Å². The summed E-state index contributed by atoms with van der Waals surface area (Å²) in [6, 6.07) is 23.7. The second kappa shape index (κ2) is 13.1. The number of nitriles is 1. The second-order valence-electron chi connectivity index (χ2n) is 13.0. The van der Waals surface area contributed by atoms with Crippen molar-refractivity contribution >= 4 is 39.6 Å². The maximum absolute atomic E-state index is 10.1. The number of aromatic nitrogens is 7. The number of likely N-dealkylation sites (tertiary alicyclic amines) is 1. The van der Waals surface area contributed by atoms with E-state index < -0.39 is 0 Å². The smallest absolute Gasteiger partial charge is 0.109 e. The van der Waals surface area contributed by atoms with Crippen LogP contribution >= 0.6 is 11.6 Å². The summed E-state index contributed by atoms with van der Waals surface area (Å²) < 4.78 is 2.02. The highest BCUT2D eigenvalue weighted by molar-refractivity contribution is 6.32. The third-order valence-electron chi connectivity index (χ3n) is 8.87. The first-order valence-electron chi connectivity index (χ1n) is 16.0. The Kier molecular flexibility index (Phi) is 8.52. The lowest BCUT2D eigenvalue weighted by atomic mass is 9.98. The number of pyridine rings is 1. The van der Waals surface area contributed by atoms with E-state index in [1.165, 1.54) is 4.80 Å². The van der Waals surface area contributed by atoms with E-state index in [-0.39, 0.29) is 17.6 Å². The predicted octanol–water partition coefficient (Wildman–Crippen LogP) is 7.31. The SMILES string of the molecule is CC(C)(C)N1CCC(n2cc([C@@H](Nc3cc(Cl)cc4c(Nc5cccc(-n6nccn6)c5)c(C#N)cnc34)c3ccccc3)nn2)CC1. The molecule has 6 aromatic rings. The van der Waals surface area contributed by atoms with Crippen LogP contribution in [0.1, 0.15) is 62.5 Å². The standard InChI is InChI=1S/C36H36ClN11/c1-36(2,3)46-16-12-28(13-17-46)47-23-32(44-45-47)34(24-8-5-4-6-9-24)43-31-19-26(37)18-30-33(25(21-38)22-39-35(30)31)42-27-10-7-11-29(20-27)48-40-14-15-41-48/h4-11,14-15,18-20,22-23,28,34,43H,12-13,16-17H2,1-3H3,(H,39,42)/t34-/m0/s1. The molecule has 0 saturated carbocycles. The molecule has 0 amide bonds. The molecule has 1 fully saturated rings. The zero-order chi connectivity index (χ0) is 33.3. The number of halogens is 1. The Labute approximate surface area is 284 Å². The first kappa shape index (κ1) is 31.3. The Morgan fingerprint density at radius 3 is 2.48 bits per heavy atom. The highest BCUT2D eigenvalue weighted by atomic mass is 35.5. The molecule has 48 heavy (non-hydrogen) atoms. The molecule has 242 valence electrons. The molecular formula is C36H36ClN11. The van der Waals surface area contributed by atoms with Crippen molar-refractivity contribution in [3.05, 3.63) is 113 Å². The van der Waals surface area contributed by atoms with Gasteiger partial charge in [-0.2, -0.15) is 20.3 Å². The molecule has 7 rings (SSSR count). The molecular weight excluding hydrogens is 622 g/mol. The molecule has 4 heterocycles. The van der Waals surface area contributed by atoms with Crippen molar-refractivity contribution in [1.29, 1.82) is 5.26 Å². The van der Waals surface area contributed by atoms with Crippen molar-refractivity contribution in [2.24, 2.45) is 0 Å². The molecule has 1 aliphatic heterocycles. The van der Waals surface area contributed by atoms with Crippen LogP contribution in [0.2, 0.25) is 5.02 Å². The third kappa shape index (κ3) is 6.45. The van der Waals surface area contributed by atoms with Gasteiger partial charge < -0.3 is 10.6 Å². The normalized spacial score (nSPS) is 14.9. The van der Waals surface area contributed by atoms with Crippen molar-refractivity contribution in [3.8, 4) is 11.8 Å². The van der Waals surface area contributed by atoms with Crippen LogP contribution in [0.4, 0.5) is 17.1 Å². The quantitative estimate of drug-likeness (QED) is 0.173. The molecule has 0 aliphatic carbocycles. The Morgan fingerprint density at radius 2 is 1.75 bits per heavy atom. The van der Waals surface area contributed by atoms with Crippen LogP contribution in [0.5, 0.6) is 0 Å². The highest BCUT2D eigenvalue weighted by Gasteiger charge is 2.29. The van der Waals surface area contributed by atoms with Crippen LogP contribution in [-0.4, -0.2) is 58.5 Å². The molecule has 0 spiro atoms. The number of hydrogen-bond donors (Lipinski definition) is 2. The predicted molar refractivity (Wildman–Crippen MR) is 188 cm³/mol. The summed E-state index contributed by atoms with van der Waals surface area (Å²) >= 11 is 6.78. The zero-order valence-corrected chi connectivity index (χ0v) is 27.8. The number of benzene rings is 3. The van der Waals surface area contributed by atoms with Gasteiger partial charge in [0.2, 0.25) is 0 Å². The Bertz CT molecular complexity index is 2070. The first-order chi connectivity index (χ1) is 23.3. The van der Waals surface area contributed by atoms with Crippen LogP contribution in [0.15, 0.2) is 91.5 Å². The number of fused-ring (bicyclic) bond motifs is 1. The van der Waals surface area contributed by atoms with Gasteiger partial charge in [0.25, 0.3) is 0 Å². The van der Waals surface area contributed by atoms with Crippen molar-refractivity contribution in [2.75, 3.05) is 23.7 Å². The monoisotopic (exact) mass is 657 g/mol. The molecule has 0 radical (unpaired) electrons. The molecule has 0 unspecified atom stereocenters. The lowest BCUT2D eigenvalue weighted by molar-refractivity contribution is 0.0866. The second-order valence-corrected chi connectivity index (χ2v) is 13.4. The van der Waals surface area contributed by atoms with Gasteiger partial charge in [0.15, 0.2) is 0 Å². The average molecular weight is 658 g/mol. The fraction of sp³-hybridized carbons (Fsp3) is 0.278. The zero-order valence-electron chi connectivity index (χ0n) is 27.0. The van der Waals surface area contributed by atoms with Crippen molar-refractivity contribution in [3.63, 3.8) is 0 Å². The van der Waals surface area contributed by atoms with Crippen LogP contribution in [0.25, 0.3) is 16.6 Å². The first-order valence-corrected chi connectivity index (χ1v) is 16.4. The van der Waals surface area contributed by atoms with Crippen LogP contribution in [0, 0.1) is 11.3 Å². The number of piperidine rings is 1. The van der Waals surface area contributed by atoms with E-state index >= 15 is 0 Å². The fourth-order valence-electron chi connectivity index (χ4n) is 6.33. The minimum atomic E-state index is -0.330. The van der Waals surface area contributed by atoms with E-state index in [0.717, 1.165) is 48.6 Å². The molecule has 1 saturated heterocycles. The summed E-state index contributed by atoms with van der Waals surface area (Å²) in [7, 11) is 0. The topological polar surface area (TPSA) is 125 Å². The average Bonchev–Trinajstić information content (AvgIpc) is 3.81. The molecule has 3 aromatic carbocycles. The summed E-state index contributed by atoms with van der Waals surface area (Å²) in [6.45, 7) is 8.85. The van der Waals surface area contributed by atoms with Gasteiger partial charge in [-0.15, -0.1) is 5.10 Å². The van der Waals surface area contributed by atoms with E-state index in [1.807, 2.05) is 59.3 Å². The van der Waals surface area contributed by atoms with Crippen molar-refractivity contribution in [2.45, 2.75) is 51.2 Å². The van der Waals surface area contributed by atoms with Gasteiger partial charge in [-0.3, -0.25) is 9.88 Å². The van der Waals surface area contributed by atoms with E-state index in [1.54, 1.807) is 18.6 Å². The molecule has 11 nitrogen and oxygen atoms in total. The number of nitrogens with zero attached hydrogens (tertiary/aromatic N) is 9. The molecule has 2 N–H and O–H groups in total. The number of hydrogen-bond acceptors (Lipinski definition) is 9. The number of anilines is 3. The van der Waals surface area contributed by atoms with Gasteiger partial charge >= 0.3 is 0 Å². The lowest BCUT2D eigenvalue weighted by Gasteiger charge is -2.40. The number of nitrogens with one attached hydrogen (secondary N) is 2. The molecule has 1 atom stereocenters. The maximum Gasteiger partial charge on any atom is 0.109 e. The third-order valence-corrected chi connectivity index (χ3v) is 9.08. The summed E-state index contributed by atoms with van der Waals surface area (Å²) in [6.07, 6.45) is 8.93. The Balaban J connectivity index is 1.23. The van der Waals surface area contributed by atoms with Gasteiger partial charge in [0, 0.05) is 40.9 Å². The summed E-state index contributed by atoms with van der Waals surface area (Å²) in [4.78, 5) is 8.81. The Morgan fingerprint density at radius 1 is 0.979 bits per heavy atom. The van der Waals surface area contributed by atoms with Gasteiger partial charge in [0.05, 0.1) is 58.8 Å². The van der Waals surface area contributed by atoms with Crippen LogP contribution < -0.4 is 10.6 Å². The van der Waals surface area contributed by atoms with E-state index in [9.17, 15) is 5.26 Å². The summed E-state index contributed by atoms with van der Waals surface area (Å²) in [5, 5.41) is 36.2. The van der Waals surface area contributed by atoms with E-state index in [4.69, 9.17) is 16.6 Å². The van der Waals surface area contributed by atoms with E-state index in [0.29, 0.717) is 32.9 Å². The molecule has 3 aromatic heterocycles. The van der Waals surface area contributed by atoms with Gasteiger partial charge in [-0.1, -0.05) is 53.2 Å².